The fraction of sp³-hybridized carbons (Fsp3) is 0.533. The molecule has 0 radical (unpaired) electrons. The smallest absolute Gasteiger partial charge is 0.337 e. The van der Waals surface area contributed by atoms with E-state index < -0.39 is 11.8 Å². The molecule has 1 N–H and O–H groups in total. The summed E-state index contributed by atoms with van der Waals surface area (Å²) >= 11 is 0. The zero-order chi connectivity index (χ0) is 14.7. The lowest BCUT2D eigenvalue weighted by Crippen LogP contribution is -2.38. The third-order valence-corrected chi connectivity index (χ3v) is 3.83. The van der Waals surface area contributed by atoms with Gasteiger partial charge in [0.1, 0.15) is 5.82 Å². The van der Waals surface area contributed by atoms with Gasteiger partial charge in [0.2, 0.25) is 0 Å². The van der Waals surface area contributed by atoms with Gasteiger partial charge >= 0.3 is 5.97 Å². The summed E-state index contributed by atoms with van der Waals surface area (Å²) in [6.07, 6.45) is 2.32. The van der Waals surface area contributed by atoms with Gasteiger partial charge in [-0.3, -0.25) is 0 Å². The minimum absolute atomic E-state index is 0.00797. The molecule has 1 aromatic carbocycles. The van der Waals surface area contributed by atoms with E-state index in [0.29, 0.717) is 24.8 Å². The van der Waals surface area contributed by atoms with Crippen LogP contribution >= 0.6 is 0 Å². The summed E-state index contributed by atoms with van der Waals surface area (Å²) in [7, 11) is 1.61. The summed E-state index contributed by atoms with van der Waals surface area (Å²) in [6.45, 7) is 3.19. The topological polar surface area (TPSA) is 49.8 Å². The van der Waals surface area contributed by atoms with Crippen molar-refractivity contribution in [2.24, 2.45) is 5.92 Å². The number of carboxylic acids is 1. The van der Waals surface area contributed by atoms with Gasteiger partial charge < -0.3 is 14.7 Å². The minimum Gasteiger partial charge on any atom is -0.478 e. The maximum absolute atomic E-state index is 13.3. The van der Waals surface area contributed by atoms with Gasteiger partial charge in [-0.2, -0.15) is 0 Å². The average Bonchev–Trinajstić information content (AvgIpc) is 3.24. The zero-order valence-electron chi connectivity index (χ0n) is 11.8. The van der Waals surface area contributed by atoms with Gasteiger partial charge in [0.25, 0.3) is 0 Å². The van der Waals surface area contributed by atoms with Crippen molar-refractivity contribution >= 4 is 11.7 Å². The zero-order valence-corrected chi connectivity index (χ0v) is 11.8. The van der Waals surface area contributed by atoms with E-state index in [0.717, 1.165) is 18.9 Å². The van der Waals surface area contributed by atoms with Gasteiger partial charge in [0.15, 0.2) is 0 Å². The number of carbonyl (C=O) groups is 1. The first kappa shape index (κ1) is 14.8. The standard InChI is InChI=1S/C15H20FNO3/c1-10(11-3-4-11)17(7-8-20-2)14-6-5-12(16)9-13(14)15(18)19/h5-6,9-11H,3-4,7-8H2,1-2H3,(H,18,19). The molecule has 110 valence electrons. The SMILES string of the molecule is COCCN(c1ccc(F)cc1C(=O)O)C(C)C1CC1. The number of hydrogen-bond acceptors (Lipinski definition) is 3. The Kier molecular flexibility index (Phi) is 4.60. The Morgan fingerprint density at radius 1 is 1.55 bits per heavy atom. The molecule has 1 atom stereocenters. The number of halogens is 1. The number of anilines is 1. The quantitative estimate of drug-likeness (QED) is 0.835. The van der Waals surface area contributed by atoms with Crippen molar-refractivity contribution in [1.82, 2.24) is 0 Å². The highest BCUT2D eigenvalue weighted by molar-refractivity contribution is 5.94. The van der Waals surface area contributed by atoms with Crippen LogP contribution in [0.25, 0.3) is 0 Å². The molecular formula is C15H20FNO3. The van der Waals surface area contributed by atoms with Gasteiger partial charge in [-0.25, -0.2) is 9.18 Å². The van der Waals surface area contributed by atoms with Crippen molar-refractivity contribution in [3.8, 4) is 0 Å². The van der Waals surface area contributed by atoms with Crippen LogP contribution in [0.3, 0.4) is 0 Å². The Morgan fingerprint density at radius 3 is 2.80 bits per heavy atom. The van der Waals surface area contributed by atoms with Crippen molar-refractivity contribution in [2.45, 2.75) is 25.8 Å². The number of ether oxygens (including phenoxy) is 1. The van der Waals surface area contributed by atoms with Crippen molar-refractivity contribution in [2.75, 3.05) is 25.2 Å². The second kappa shape index (κ2) is 6.22. The van der Waals surface area contributed by atoms with E-state index in [1.54, 1.807) is 13.2 Å². The normalized spacial score (nSPS) is 15.9. The van der Waals surface area contributed by atoms with E-state index in [1.807, 2.05) is 4.90 Å². The second-order valence-electron chi connectivity index (χ2n) is 5.23. The van der Waals surface area contributed by atoms with Gasteiger partial charge in [-0.1, -0.05) is 0 Å². The summed E-state index contributed by atoms with van der Waals surface area (Å²) in [5.74, 6) is -1.06. The lowest BCUT2D eigenvalue weighted by atomic mass is 10.1. The molecule has 1 aliphatic rings. The molecule has 2 rings (SSSR count). The molecule has 0 aromatic heterocycles. The maximum atomic E-state index is 13.3. The number of rotatable bonds is 7. The molecule has 0 bridgehead atoms. The van der Waals surface area contributed by atoms with Crippen molar-refractivity contribution in [3.63, 3.8) is 0 Å². The van der Waals surface area contributed by atoms with Gasteiger partial charge in [-0.05, 0) is 43.9 Å². The highest BCUT2D eigenvalue weighted by Gasteiger charge is 2.33. The highest BCUT2D eigenvalue weighted by atomic mass is 19.1. The Balaban J connectivity index is 2.33. The van der Waals surface area contributed by atoms with Crippen LogP contribution in [0.5, 0.6) is 0 Å². The Morgan fingerprint density at radius 2 is 2.25 bits per heavy atom. The average molecular weight is 281 g/mol. The number of carboxylic acid groups (broad SMARTS) is 1. The van der Waals surface area contributed by atoms with Gasteiger partial charge in [0.05, 0.1) is 17.9 Å². The molecule has 0 amide bonds. The van der Waals surface area contributed by atoms with Gasteiger partial charge in [-0.15, -0.1) is 0 Å². The number of benzene rings is 1. The van der Waals surface area contributed by atoms with E-state index >= 15 is 0 Å². The lowest BCUT2D eigenvalue weighted by Gasteiger charge is -2.32. The van der Waals surface area contributed by atoms with Crippen LogP contribution in [-0.2, 0) is 4.74 Å². The molecule has 1 aliphatic carbocycles. The first-order valence-electron chi connectivity index (χ1n) is 6.83. The van der Waals surface area contributed by atoms with Crippen molar-refractivity contribution in [3.05, 3.63) is 29.6 Å². The van der Waals surface area contributed by atoms with Crippen molar-refractivity contribution in [1.29, 1.82) is 0 Å². The number of aromatic carboxylic acids is 1. The molecule has 5 heteroatoms. The van der Waals surface area contributed by atoms with E-state index in [9.17, 15) is 14.3 Å². The van der Waals surface area contributed by atoms with E-state index in [1.165, 1.54) is 6.07 Å². The molecule has 1 aromatic rings. The monoisotopic (exact) mass is 281 g/mol. The molecule has 0 saturated heterocycles. The second-order valence-corrected chi connectivity index (χ2v) is 5.23. The molecule has 1 saturated carbocycles. The summed E-state index contributed by atoms with van der Waals surface area (Å²) in [4.78, 5) is 13.4. The number of methoxy groups -OCH3 is 1. The molecule has 1 unspecified atom stereocenters. The molecular weight excluding hydrogens is 261 g/mol. The maximum Gasteiger partial charge on any atom is 0.337 e. The van der Waals surface area contributed by atoms with Crippen LogP contribution in [0.4, 0.5) is 10.1 Å². The number of nitrogens with zero attached hydrogens (tertiary/aromatic N) is 1. The Bertz CT molecular complexity index is 488. The first-order chi connectivity index (χ1) is 9.54. The Labute approximate surface area is 118 Å². The molecule has 0 spiro atoms. The van der Waals surface area contributed by atoms with Crippen LogP contribution < -0.4 is 4.90 Å². The summed E-state index contributed by atoms with van der Waals surface area (Å²) < 4.78 is 18.4. The summed E-state index contributed by atoms with van der Waals surface area (Å²) in [5.41, 5.74) is 0.573. The molecule has 0 aliphatic heterocycles. The first-order valence-corrected chi connectivity index (χ1v) is 6.83. The predicted octanol–water partition coefficient (Wildman–Crippen LogP) is 2.78. The summed E-state index contributed by atoms with van der Waals surface area (Å²) in [5, 5.41) is 9.28. The third-order valence-electron chi connectivity index (χ3n) is 3.83. The van der Waals surface area contributed by atoms with Crippen LogP contribution in [0.1, 0.15) is 30.1 Å². The van der Waals surface area contributed by atoms with Gasteiger partial charge in [0, 0.05) is 19.7 Å². The predicted molar refractivity (Wildman–Crippen MR) is 74.8 cm³/mol. The van der Waals surface area contributed by atoms with Crippen LogP contribution in [0.15, 0.2) is 18.2 Å². The van der Waals surface area contributed by atoms with Crippen LogP contribution in [-0.4, -0.2) is 37.4 Å². The van der Waals surface area contributed by atoms with E-state index in [2.05, 4.69) is 6.92 Å². The number of hydrogen-bond donors (Lipinski definition) is 1. The lowest BCUT2D eigenvalue weighted by molar-refractivity contribution is 0.0696. The van der Waals surface area contributed by atoms with Crippen molar-refractivity contribution < 1.29 is 19.0 Å². The minimum atomic E-state index is -1.11. The Hall–Kier alpha value is -1.62. The third kappa shape index (κ3) is 3.28. The van der Waals surface area contributed by atoms with E-state index in [-0.39, 0.29) is 11.6 Å². The molecule has 20 heavy (non-hydrogen) atoms. The van der Waals surface area contributed by atoms with Crippen LogP contribution in [0.2, 0.25) is 0 Å². The fourth-order valence-electron chi connectivity index (χ4n) is 2.50. The highest BCUT2D eigenvalue weighted by Crippen LogP contribution is 2.37. The molecule has 1 fully saturated rings. The van der Waals surface area contributed by atoms with E-state index in [4.69, 9.17) is 4.74 Å². The summed E-state index contributed by atoms with van der Waals surface area (Å²) in [6, 6.07) is 4.17. The molecule has 0 heterocycles. The van der Waals surface area contributed by atoms with Crippen LogP contribution in [0, 0.1) is 11.7 Å². The fourth-order valence-corrected chi connectivity index (χ4v) is 2.50. The largest absolute Gasteiger partial charge is 0.478 e. The molecule has 4 nitrogen and oxygen atoms in total.